The Morgan fingerprint density at radius 3 is 2.37 bits per heavy atom. The molecule has 5 rings (SSSR count). The summed E-state index contributed by atoms with van der Waals surface area (Å²) >= 11 is 0. The zero-order chi connectivity index (χ0) is 27.4. The Bertz CT molecular complexity index is 1420. The molecule has 3 N–H and O–H groups in total. The molecule has 1 aromatic carbocycles. The van der Waals surface area contributed by atoms with Crippen LogP contribution in [0.1, 0.15) is 37.7 Å². The van der Waals surface area contributed by atoms with Crippen molar-refractivity contribution < 1.29 is 37.0 Å². The van der Waals surface area contributed by atoms with Gasteiger partial charge in [0.2, 0.25) is 15.9 Å². The molecule has 1 aliphatic heterocycles. The zero-order valence-electron chi connectivity index (χ0n) is 20.9. The molecule has 0 radical (unpaired) electrons. The highest BCUT2D eigenvalue weighted by molar-refractivity contribution is 7.88. The van der Waals surface area contributed by atoms with Crippen molar-refractivity contribution in [3.63, 3.8) is 0 Å². The fraction of sp³-hybridized carbons (Fsp3) is 0.423. The summed E-state index contributed by atoms with van der Waals surface area (Å²) in [6.07, 6.45) is 4.35. The smallest absolute Gasteiger partial charge is 0.329 e. The van der Waals surface area contributed by atoms with Crippen molar-refractivity contribution in [2.75, 3.05) is 19.8 Å². The summed E-state index contributed by atoms with van der Waals surface area (Å²) in [5.74, 6) is -2.38. The average Bonchev–Trinajstić information content (AvgIpc) is 3.79. The number of allylic oxidation sites excluding steroid dienone is 2. The number of amides is 2. The number of carbonyl (C=O) groups is 3. The van der Waals surface area contributed by atoms with Gasteiger partial charge in [-0.05, 0) is 67.5 Å². The van der Waals surface area contributed by atoms with Crippen LogP contribution in [0.2, 0.25) is 0 Å². The number of aliphatic carboxylic acids is 1. The summed E-state index contributed by atoms with van der Waals surface area (Å²) in [4.78, 5) is 37.3. The van der Waals surface area contributed by atoms with Crippen molar-refractivity contribution in [3.8, 4) is 0 Å². The minimum Gasteiger partial charge on any atom is -0.484 e. The standard InChI is InChI=1S/C26H28FN3O7S/c1-28-24(32)22-18-11-17(14-3-4-14)19(12-20(18)37-23(22)15-5-7-16(27)8-6-15)30(38(2,35)36)13-21(31)29-26(9-10-26)25(33)34/h5-8,11,14,20H,3-4,9-10,12-13H2,1-2H3,(H,28,32)(H,29,31)(H,33,34). The maximum atomic E-state index is 13.6. The van der Waals surface area contributed by atoms with Crippen molar-refractivity contribution in [1.29, 1.82) is 0 Å². The number of fused-ring (bicyclic) bond motifs is 1. The number of hydrogen-bond acceptors (Lipinski definition) is 6. The van der Waals surface area contributed by atoms with E-state index in [0.717, 1.165) is 23.4 Å². The Kier molecular flexibility index (Phi) is 6.33. The molecule has 2 saturated carbocycles. The van der Waals surface area contributed by atoms with E-state index in [0.29, 0.717) is 28.0 Å². The van der Waals surface area contributed by atoms with E-state index in [1.54, 1.807) is 6.08 Å². The van der Waals surface area contributed by atoms with Gasteiger partial charge in [-0.25, -0.2) is 17.6 Å². The van der Waals surface area contributed by atoms with Crippen molar-refractivity contribution >= 4 is 33.6 Å². The van der Waals surface area contributed by atoms with Gasteiger partial charge in [0.15, 0.2) is 0 Å². The molecule has 10 nitrogen and oxygen atoms in total. The molecule has 202 valence electrons. The van der Waals surface area contributed by atoms with E-state index in [4.69, 9.17) is 4.74 Å². The number of halogens is 1. The van der Waals surface area contributed by atoms with Crippen LogP contribution in [0.25, 0.3) is 5.76 Å². The van der Waals surface area contributed by atoms with E-state index in [1.165, 1.54) is 31.3 Å². The molecule has 4 aliphatic rings. The Morgan fingerprint density at radius 1 is 1.18 bits per heavy atom. The third kappa shape index (κ3) is 4.80. The second-order valence-electron chi connectivity index (χ2n) is 10.1. The summed E-state index contributed by atoms with van der Waals surface area (Å²) in [5, 5.41) is 14.5. The summed E-state index contributed by atoms with van der Waals surface area (Å²) in [5.41, 5.74) is 1.13. The lowest BCUT2D eigenvalue weighted by Gasteiger charge is -2.32. The molecule has 12 heteroatoms. The van der Waals surface area contributed by atoms with Crippen molar-refractivity contribution in [2.45, 2.75) is 43.7 Å². The van der Waals surface area contributed by atoms with Crippen LogP contribution in [0.5, 0.6) is 0 Å². The first-order chi connectivity index (χ1) is 17.9. The molecule has 1 heterocycles. The molecule has 0 bridgehead atoms. The first-order valence-corrected chi connectivity index (χ1v) is 14.1. The number of sulfonamides is 1. The number of carboxylic acids is 1. The minimum atomic E-state index is -3.94. The molecule has 1 unspecified atom stereocenters. The highest BCUT2D eigenvalue weighted by Gasteiger charge is 2.52. The van der Waals surface area contributed by atoms with E-state index in [1.807, 2.05) is 0 Å². The first-order valence-electron chi connectivity index (χ1n) is 12.3. The fourth-order valence-electron chi connectivity index (χ4n) is 4.95. The van der Waals surface area contributed by atoms with Crippen LogP contribution in [0.4, 0.5) is 4.39 Å². The second-order valence-corrected chi connectivity index (χ2v) is 12.0. The van der Waals surface area contributed by atoms with Gasteiger partial charge in [0.25, 0.3) is 5.91 Å². The van der Waals surface area contributed by atoms with Gasteiger partial charge in [0.1, 0.15) is 29.8 Å². The molecule has 3 aliphatic carbocycles. The normalized spacial score (nSPS) is 21.8. The number of ether oxygens (including phenoxy) is 1. The number of benzene rings is 1. The van der Waals surface area contributed by atoms with Gasteiger partial charge in [-0.1, -0.05) is 0 Å². The predicted molar refractivity (Wildman–Crippen MR) is 134 cm³/mol. The number of nitrogens with one attached hydrogen (secondary N) is 2. The van der Waals surface area contributed by atoms with E-state index >= 15 is 0 Å². The molecule has 0 aromatic heterocycles. The fourth-order valence-corrected chi connectivity index (χ4v) is 5.88. The van der Waals surface area contributed by atoms with Crippen LogP contribution in [0, 0.1) is 11.7 Å². The molecular weight excluding hydrogens is 517 g/mol. The van der Waals surface area contributed by atoms with Gasteiger partial charge in [0.05, 0.1) is 11.8 Å². The largest absolute Gasteiger partial charge is 0.484 e. The number of carbonyl (C=O) groups excluding carboxylic acids is 2. The molecule has 2 fully saturated rings. The number of nitrogens with zero attached hydrogens (tertiary/aromatic N) is 1. The summed E-state index contributed by atoms with van der Waals surface area (Å²) in [6, 6.07) is 5.53. The van der Waals surface area contributed by atoms with Crippen LogP contribution >= 0.6 is 0 Å². The SMILES string of the molecule is CNC(=O)C1=C(c2ccc(F)cc2)OC2CC(N(CC(=O)NC3(C(=O)O)CC3)S(C)(=O)=O)=C(C3CC3)C=C12. The van der Waals surface area contributed by atoms with E-state index < -0.39 is 45.9 Å². The number of carboxylic acid groups (broad SMARTS) is 1. The minimum absolute atomic E-state index is 0.0559. The van der Waals surface area contributed by atoms with Crippen molar-refractivity contribution in [3.05, 3.63) is 64.1 Å². The highest BCUT2D eigenvalue weighted by atomic mass is 32.2. The molecular formula is C26H28FN3O7S. The van der Waals surface area contributed by atoms with Gasteiger partial charge in [-0.3, -0.25) is 13.9 Å². The number of rotatable bonds is 9. The third-order valence-corrected chi connectivity index (χ3v) is 8.40. The third-order valence-electron chi connectivity index (χ3n) is 7.25. The Hall–Kier alpha value is -3.67. The Morgan fingerprint density at radius 2 is 1.84 bits per heavy atom. The van der Waals surface area contributed by atoms with Crippen molar-refractivity contribution in [1.82, 2.24) is 14.9 Å². The molecule has 2 amide bonds. The van der Waals surface area contributed by atoms with Crippen LogP contribution in [0.3, 0.4) is 0 Å². The Balaban J connectivity index is 1.54. The molecule has 0 spiro atoms. The number of likely N-dealkylation sites (N-methyl/N-ethyl adjacent to an activating group) is 1. The van der Waals surface area contributed by atoms with Crippen LogP contribution in [-0.4, -0.2) is 67.1 Å². The highest BCUT2D eigenvalue weighted by Crippen LogP contribution is 2.49. The van der Waals surface area contributed by atoms with Crippen molar-refractivity contribution in [2.24, 2.45) is 5.92 Å². The lowest BCUT2D eigenvalue weighted by molar-refractivity contribution is -0.143. The molecule has 1 aromatic rings. The number of hydrogen-bond donors (Lipinski definition) is 3. The topological polar surface area (TPSA) is 142 Å². The zero-order valence-corrected chi connectivity index (χ0v) is 21.7. The summed E-state index contributed by atoms with van der Waals surface area (Å²) in [6.45, 7) is -0.574. The molecule has 1 atom stereocenters. The van der Waals surface area contributed by atoms with Gasteiger partial charge in [-0.2, -0.15) is 0 Å². The van der Waals surface area contributed by atoms with Gasteiger partial charge in [0, 0.05) is 30.3 Å². The molecule has 0 saturated heterocycles. The van der Waals surface area contributed by atoms with Gasteiger partial charge in [-0.15, -0.1) is 0 Å². The van der Waals surface area contributed by atoms with E-state index in [2.05, 4.69) is 10.6 Å². The molecule has 38 heavy (non-hydrogen) atoms. The lowest BCUT2D eigenvalue weighted by atomic mass is 9.87. The monoisotopic (exact) mass is 545 g/mol. The predicted octanol–water partition coefficient (Wildman–Crippen LogP) is 1.67. The van der Waals surface area contributed by atoms with Crippen LogP contribution in [0.15, 0.2) is 52.8 Å². The summed E-state index contributed by atoms with van der Waals surface area (Å²) < 4.78 is 46.6. The van der Waals surface area contributed by atoms with Gasteiger partial charge < -0.3 is 20.5 Å². The Labute approximate surface area is 219 Å². The maximum absolute atomic E-state index is 13.6. The average molecular weight is 546 g/mol. The van der Waals surface area contributed by atoms with Crippen LogP contribution in [-0.2, 0) is 29.1 Å². The quantitative estimate of drug-likeness (QED) is 0.429. The van der Waals surface area contributed by atoms with E-state index in [9.17, 15) is 32.3 Å². The van der Waals surface area contributed by atoms with E-state index in [-0.39, 0.29) is 36.8 Å². The van der Waals surface area contributed by atoms with Crippen LogP contribution < -0.4 is 10.6 Å². The first kappa shape index (κ1) is 26.0. The summed E-state index contributed by atoms with van der Waals surface area (Å²) in [7, 11) is -2.45. The lowest BCUT2D eigenvalue weighted by Crippen LogP contribution is -2.48. The maximum Gasteiger partial charge on any atom is 0.329 e. The second kappa shape index (κ2) is 9.26. The van der Waals surface area contributed by atoms with Gasteiger partial charge >= 0.3 is 5.97 Å².